The van der Waals surface area contributed by atoms with Crippen LogP contribution in [0.5, 0.6) is 0 Å². The van der Waals surface area contributed by atoms with E-state index >= 15 is 0 Å². The van der Waals surface area contributed by atoms with Gasteiger partial charge < -0.3 is 5.32 Å². The molecule has 4 rings (SSSR count). The van der Waals surface area contributed by atoms with Gasteiger partial charge in [0.25, 0.3) is 5.69 Å². The van der Waals surface area contributed by atoms with Gasteiger partial charge in [0.05, 0.1) is 22.5 Å². The fourth-order valence-corrected chi connectivity index (χ4v) is 3.74. The molecule has 0 saturated carbocycles. The van der Waals surface area contributed by atoms with E-state index in [1.54, 1.807) is 12.3 Å². The maximum atomic E-state index is 11.3. The number of benzene rings is 1. The lowest BCUT2D eigenvalue weighted by molar-refractivity contribution is -0.385. The molecule has 28 heavy (non-hydrogen) atoms. The summed E-state index contributed by atoms with van der Waals surface area (Å²) < 4.78 is 1.89. The molecule has 0 spiro atoms. The molecule has 0 amide bonds. The number of nitrogens with zero attached hydrogens (tertiary/aromatic N) is 4. The normalized spacial score (nSPS) is 15.6. The summed E-state index contributed by atoms with van der Waals surface area (Å²) in [5.41, 5.74) is 5.06. The number of hydrogen-bond acceptors (Lipinski definition) is 5. The van der Waals surface area contributed by atoms with E-state index in [1.807, 2.05) is 4.40 Å². The Labute approximate surface area is 164 Å². The summed E-state index contributed by atoms with van der Waals surface area (Å²) in [5.74, 6) is 0. The van der Waals surface area contributed by atoms with Gasteiger partial charge in [-0.25, -0.2) is 4.98 Å². The lowest BCUT2D eigenvalue weighted by Gasteiger charge is -2.20. The van der Waals surface area contributed by atoms with Crippen LogP contribution >= 0.6 is 0 Å². The fraction of sp³-hybridized carbons (Fsp3) is 0.381. The molecule has 1 N–H and O–H groups in total. The predicted molar refractivity (Wildman–Crippen MR) is 109 cm³/mol. The highest BCUT2D eigenvalue weighted by Gasteiger charge is 2.20. The number of fused-ring (bicyclic) bond motifs is 1. The van der Waals surface area contributed by atoms with Gasteiger partial charge in [0.2, 0.25) is 0 Å². The molecule has 0 atom stereocenters. The number of aromatic nitrogens is 2. The molecule has 3 heterocycles. The van der Waals surface area contributed by atoms with Gasteiger partial charge in [0.15, 0.2) is 0 Å². The van der Waals surface area contributed by atoms with Crippen LogP contribution < -0.4 is 5.32 Å². The summed E-state index contributed by atoms with van der Waals surface area (Å²) >= 11 is 0. The van der Waals surface area contributed by atoms with Crippen LogP contribution in [0.25, 0.3) is 16.9 Å². The van der Waals surface area contributed by atoms with Gasteiger partial charge in [-0.2, -0.15) is 0 Å². The second-order valence-electron chi connectivity index (χ2n) is 7.21. The van der Waals surface area contributed by atoms with Crippen molar-refractivity contribution in [2.24, 2.45) is 0 Å². The Balaban J connectivity index is 1.80. The van der Waals surface area contributed by atoms with Crippen LogP contribution in [0.2, 0.25) is 0 Å². The summed E-state index contributed by atoms with van der Waals surface area (Å²) in [6.45, 7) is 6.80. The van der Waals surface area contributed by atoms with Crippen molar-refractivity contribution in [3.8, 4) is 11.3 Å². The first-order valence-electron chi connectivity index (χ1n) is 9.83. The number of nitrogens with one attached hydrogen (secondary N) is 1. The molecule has 0 aliphatic carbocycles. The molecule has 1 aliphatic rings. The Morgan fingerprint density at radius 1 is 1.14 bits per heavy atom. The van der Waals surface area contributed by atoms with E-state index in [1.165, 1.54) is 11.6 Å². The number of imidazole rings is 1. The molecule has 2 aromatic heterocycles. The molecule has 3 aromatic rings. The minimum Gasteiger partial charge on any atom is -0.315 e. The van der Waals surface area contributed by atoms with Crippen molar-refractivity contribution in [3.05, 3.63) is 64.0 Å². The van der Waals surface area contributed by atoms with Crippen LogP contribution in [0.4, 0.5) is 5.69 Å². The standard InChI is InChI=1S/C21H25N5O2/c1-2-16-4-6-17(7-5-16)21-19(15-24-12-3-10-22-11-13-24)25-14-18(26(27)28)8-9-20(25)23-21/h4-9,14,22H,2-3,10-13,15H2,1H3. The third kappa shape index (κ3) is 3.76. The molecule has 1 saturated heterocycles. The molecule has 1 aromatic carbocycles. The van der Waals surface area contributed by atoms with E-state index in [0.29, 0.717) is 0 Å². The Morgan fingerprint density at radius 3 is 2.71 bits per heavy atom. The van der Waals surface area contributed by atoms with Crippen LogP contribution in [0, 0.1) is 10.1 Å². The smallest absolute Gasteiger partial charge is 0.286 e. The number of hydrogen-bond donors (Lipinski definition) is 1. The lowest BCUT2D eigenvalue weighted by Crippen LogP contribution is -2.28. The average Bonchev–Trinajstić information content (AvgIpc) is 2.88. The lowest BCUT2D eigenvalue weighted by atomic mass is 10.1. The number of rotatable bonds is 5. The van der Waals surface area contributed by atoms with Gasteiger partial charge in [-0.15, -0.1) is 0 Å². The molecule has 0 bridgehead atoms. The average molecular weight is 379 g/mol. The molecular weight excluding hydrogens is 354 g/mol. The Hall–Kier alpha value is -2.77. The van der Waals surface area contributed by atoms with E-state index in [-0.39, 0.29) is 10.6 Å². The van der Waals surface area contributed by atoms with Crippen LogP contribution in [0.1, 0.15) is 24.6 Å². The van der Waals surface area contributed by atoms with Crippen molar-refractivity contribution in [1.29, 1.82) is 0 Å². The first kappa shape index (κ1) is 18.6. The van der Waals surface area contributed by atoms with Crippen LogP contribution in [0.15, 0.2) is 42.6 Å². The minimum absolute atomic E-state index is 0.0802. The second kappa shape index (κ2) is 8.08. The molecular formula is C21H25N5O2. The summed E-state index contributed by atoms with van der Waals surface area (Å²) in [7, 11) is 0. The zero-order chi connectivity index (χ0) is 19.5. The fourth-order valence-electron chi connectivity index (χ4n) is 3.74. The van der Waals surface area contributed by atoms with Crippen LogP contribution in [-0.4, -0.2) is 45.4 Å². The maximum Gasteiger partial charge on any atom is 0.286 e. The zero-order valence-electron chi connectivity index (χ0n) is 16.1. The summed E-state index contributed by atoms with van der Waals surface area (Å²) in [4.78, 5) is 18.2. The highest BCUT2D eigenvalue weighted by molar-refractivity contribution is 5.67. The molecule has 1 aliphatic heterocycles. The number of aryl methyl sites for hydroxylation is 1. The third-order valence-electron chi connectivity index (χ3n) is 5.35. The Bertz CT molecular complexity index is 972. The molecule has 0 radical (unpaired) electrons. The molecule has 0 unspecified atom stereocenters. The number of pyridine rings is 1. The van der Waals surface area contributed by atoms with E-state index in [4.69, 9.17) is 4.98 Å². The molecule has 1 fully saturated rings. The topological polar surface area (TPSA) is 75.7 Å². The van der Waals surface area contributed by atoms with Gasteiger partial charge in [0, 0.05) is 31.3 Å². The van der Waals surface area contributed by atoms with Crippen molar-refractivity contribution in [3.63, 3.8) is 0 Å². The van der Waals surface area contributed by atoms with Crippen LogP contribution in [-0.2, 0) is 13.0 Å². The van der Waals surface area contributed by atoms with Gasteiger partial charge >= 0.3 is 0 Å². The van der Waals surface area contributed by atoms with Crippen molar-refractivity contribution in [2.45, 2.75) is 26.3 Å². The first-order chi connectivity index (χ1) is 13.7. The Kier molecular flexibility index (Phi) is 5.36. The van der Waals surface area contributed by atoms with Crippen LogP contribution in [0.3, 0.4) is 0 Å². The van der Waals surface area contributed by atoms with Crippen molar-refractivity contribution in [2.75, 3.05) is 26.2 Å². The molecule has 7 heteroatoms. The van der Waals surface area contributed by atoms with Gasteiger partial charge in [-0.05, 0) is 37.6 Å². The van der Waals surface area contributed by atoms with E-state index in [2.05, 4.69) is 41.4 Å². The number of nitro groups is 1. The third-order valence-corrected chi connectivity index (χ3v) is 5.35. The van der Waals surface area contributed by atoms with E-state index < -0.39 is 0 Å². The molecule has 146 valence electrons. The van der Waals surface area contributed by atoms with E-state index in [0.717, 1.165) is 68.2 Å². The monoisotopic (exact) mass is 379 g/mol. The Morgan fingerprint density at radius 2 is 1.96 bits per heavy atom. The summed E-state index contributed by atoms with van der Waals surface area (Å²) in [5, 5.41) is 14.7. The van der Waals surface area contributed by atoms with Gasteiger partial charge in [-0.1, -0.05) is 31.2 Å². The maximum absolute atomic E-state index is 11.3. The quantitative estimate of drug-likeness (QED) is 0.544. The minimum atomic E-state index is -0.352. The SMILES string of the molecule is CCc1ccc(-c2nc3ccc([N+](=O)[O-])cn3c2CN2CCCNCC2)cc1. The first-order valence-corrected chi connectivity index (χ1v) is 9.83. The van der Waals surface area contributed by atoms with E-state index in [9.17, 15) is 10.1 Å². The predicted octanol–water partition coefficient (Wildman–Crippen LogP) is 3.27. The van der Waals surface area contributed by atoms with Gasteiger partial charge in [0.1, 0.15) is 5.65 Å². The summed E-state index contributed by atoms with van der Waals surface area (Å²) in [6.07, 6.45) is 3.68. The summed E-state index contributed by atoms with van der Waals surface area (Å²) in [6, 6.07) is 11.7. The van der Waals surface area contributed by atoms with Crippen molar-refractivity contribution >= 4 is 11.3 Å². The van der Waals surface area contributed by atoms with Gasteiger partial charge in [-0.3, -0.25) is 19.4 Å². The van der Waals surface area contributed by atoms with Crippen molar-refractivity contribution < 1.29 is 4.92 Å². The highest BCUT2D eigenvalue weighted by atomic mass is 16.6. The molecule has 7 nitrogen and oxygen atoms in total. The largest absolute Gasteiger partial charge is 0.315 e. The zero-order valence-corrected chi connectivity index (χ0v) is 16.1. The van der Waals surface area contributed by atoms with Crippen molar-refractivity contribution in [1.82, 2.24) is 19.6 Å². The second-order valence-corrected chi connectivity index (χ2v) is 7.21. The highest BCUT2D eigenvalue weighted by Crippen LogP contribution is 2.28.